The molecule has 4 nitrogen and oxygen atoms in total. The number of allylic oxidation sites excluding steroid dienone is 2. The van der Waals surface area contributed by atoms with Gasteiger partial charge >= 0.3 is 0 Å². The summed E-state index contributed by atoms with van der Waals surface area (Å²) in [5, 5.41) is 12.6. The van der Waals surface area contributed by atoms with Crippen LogP contribution in [0.15, 0.2) is 79.0 Å². The molecule has 0 unspecified atom stereocenters. The molecule has 3 aromatic rings. The molecule has 0 atom stereocenters. The van der Waals surface area contributed by atoms with Crippen molar-refractivity contribution in [1.82, 2.24) is 10.3 Å². The van der Waals surface area contributed by atoms with E-state index < -0.39 is 0 Å². The van der Waals surface area contributed by atoms with E-state index in [2.05, 4.69) is 46.7 Å². The van der Waals surface area contributed by atoms with Crippen LogP contribution in [0.2, 0.25) is 0 Å². The molecular formula is C24H26N2O2. The normalized spacial score (nSPS) is 11.4. The highest BCUT2D eigenvalue weighted by Gasteiger charge is 2.04. The van der Waals surface area contributed by atoms with Crippen molar-refractivity contribution in [3.8, 4) is 11.6 Å². The van der Waals surface area contributed by atoms with E-state index in [-0.39, 0.29) is 5.75 Å². The molecule has 0 amide bonds. The predicted octanol–water partition coefficient (Wildman–Crippen LogP) is 4.25. The standard InChI is InChI=1S/C24H26N2O2/c1-25-15-16-28-24-14-10-20(18-26-24)7-11-22(21-5-3-2-4-6-21)17-19-8-12-23(27)13-9-19/h2-6,8-14,18,25,27H,7,15-17H2,1H3/b22-11+. The number of phenols is 1. The topological polar surface area (TPSA) is 54.4 Å². The van der Waals surface area contributed by atoms with E-state index >= 15 is 0 Å². The van der Waals surface area contributed by atoms with E-state index in [1.165, 1.54) is 16.7 Å². The third-order valence-electron chi connectivity index (χ3n) is 4.46. The average molecular weight is 374 g/mol. The SMILES string of the molecule is CNCCOc1ccc(C/C=C(\Cc2ccc(O)cc2)c2ccccc2)cn1. The number of pyridine rings is 1. The minimum atomic E-state index is 0.289. The van der Waals surface area contributed by atoms with Crippen LogP contribution in [0.1, 0.15) is 16.7 Å². The number of aromatic nitrogens is 1. The van der Waals surface area contributed by atoms with Crippen molar-refractivity contribution in [2.75, 3.05) is 20.2 Å². The van der Waals surface area contributed by atoms with Crippen LogP contribution in [0.5, 0.6) is 11.6 Å². The molecule has 2 N–H and O–H groups in total. The summed E-state index contributed by atoms with van der Waals surface area (Å²) in [6.07, 6.45) is 5.73. The Bertz CT molecular complexity index is 873. The van der Waals surface area contributed by atoms with Gasteiger partial charge in [-0.25, -0.2) is 4.98 Å². The summed E-state index contributed by atoms with van der Waals surface area (Å²) in [6.45, 7) is 1.40. The Morgan fingerprint density at radius 3 is 2.43 bits per heavy atom. The molecule has 1 aromatic heterocycles. The maximum absolute atomic E-state index is 9.52. The van der Waals surface area contributed by atoms with Crippen LogP contribution < -0.4 is 10.1 Å². The minimum Gasteiger partial charge on any atom is -0.508 e. The van der Waals surface area contributed by atoms with Crippen molar-refractivity contribution in [2.24, 2.45) is 0 Å². The molecule has 2 aromatic carbocycles. The summed E-state index contributed by atoms with van der Waals surface area (Å²) in [4.78, 5) is 4.39. The number of phenolic OH excluding ortho intramolecular Hbond substituents is 1. The van der Waals surface area contributed by atoms with Crippen LogP contribution in [0.3, 0.4) is 0 Å². The van der Waals surface area contributed by atoms with Gasteiger partial charge in [-0.05, 0) is 54.3 Å². The zero-order chi connectivity index (χ0) is 19.6. The number of rotatable bonds is 9. The molecule has 0 aliphatic carbocycles. The van der Waals surface area contributed by atoms with Gasteiger partial charge in [-0.15, -0.1) is 0 Å². The lowest BCUT2D eigenvalue weighted by Crippen LogP contribution is -2.16. The van der Waals surface area contributed by atoms with Gasteiger partial charge in [0.15, 0.2) is 0 Å². The second-order valence-corrected chi connectivity index (χ2v) is 6.60. The van der Waals surface area contributed by atoms with Crippen LogP contribution in [-0.2, 0) is 12.8 Å². The Labute approximate surface area is 166 Å². The van der Waals surface area contributed by atoms with E-state index in [1.54, 1.807) is 12.1 Å². The van der Waals surface area contributed by atoms with Crippen molar-refractivity contribution in [2.45, 2.75) is 12.8 Å². The van der Waals surface area contributed by atoms with Crippen molar-refractivity contribution >= 4 is 5.57 Å². The van der Waals surface area contributed by atoms with Crippen molar-refractivity contribution in [1.29, 1.82) is 0 Å². The molecule has 144 valence electrons. The highest BCUT2D eigenvalue weighted by Crippen LogP contribution is 2.22. The van der Waals surface area contributed by atoms with Gasteiger partial charge in [-0.2, -0.15) is 0 Å². The first kappa shape index (κ1) is 19.6. The second kappa shape index (κ2) is 10.3. The van der Waals surface area contributed by atoms with Crippen LogP contribution in [0.4, 0.5) is 0 Å². The zero-order valence-electron chi connectivity index (χ0n) is 16.1. The van der Waals surface area contributed by atoms with E-state index in [0.717, 1.165) is 24.9 Å². The molecule has 3 rings (SSSR count). The predicted molar refractivity (Wildman–Crippen MR) is 114 cm³/mol. The zero-order valence-corrected chi connectivity index (χ0v) is 16.1. The summed E-state index contributed by atoms with van der Waals surface area (Å²) >= 11 is 0. The number of likely N-dealkylation sites (N-methyl/N-ethyl adjacent to an activating group) is 1. The Balaban J connectivity index is 1.72. The third-order valence-corrected chi connectivity index (χ3v) is 4.46. The Morgan fingerprint density at radius 1 is 1.00 bits per heavy atom. The lowest BCUT2D eigenvalue weighted by atomic mass is 9.96. The third kappa shape index (κ3) is 5.96. The Hall–Kier alpha value is -3.11. The van der Waals surface area contributed by atoms with E-state index in [4.69, 9.17) is 4.74 Å². The fourth-order valence-electron chi connectivity index (χ4n) is 2.89. The maximum atomic E-state index is 9.52. The van der Waals surface area contributed by atoms with Gasteiger partial charge in [0.1, 0.15) is 12.4 Å². The van der Waals surface area contributed by atoms with Crippen molar-refractivity contribution in [3.63, 3.8) is 0 Å². The summed E-state index contributed by atoms with van der Waals surface area (Å²) in [7, 11) is 1.90. The van der Waals surface area contributed by atoms with Crippen molar-refractivity contribution < 1.29 is 9.84 Å². The number of aromatic hydroxyl groups is 1. The minimum absolute atomic E-state index is 0.289. The monoisotopic (exact) mass is 374 g/mol. The Kier molecular flexibility index (Phi) is 7.21. The summed E-state index contributed by atoms with van der Waals surface area (Å²) in [5.74, 6) is 0.937. The van der Waals surface area contributed by atoms with E-state index in [0.29, 0.717) is 12.5 Å². The average Bonchev–Trinajstić information content (AvgIpc) is 2.74. The maximum Gasteiger partial charge on any atom is 0.213 e. The molecule has 0 aliphatic heterocycles. The van der Waals surface area contributed by atoms with Gasteiger partial charge in [-0.3, -0.25) is 0 Å². The van der Waals surface area contributed by atoms with E-state index in [1.807, 2.05) is 37.5 Å². The number of nitrogens with zero attached hydrogens (tertiary/aromatic N) is 1. The number of hydrogen-bond donors (Lipinski definition) is 2. The molecule has 0 radical (unpaired) electrons. The molecule has 28 heavy (non-hydrogen) atoms. The van der Waals surface area contributed by atoms with Gasteiger partial charge in [0.25, 0.3) is 0 Å². The lowest BCUT2D eigenvalue weighted by molar-refractivity contribution is 0.306. The second-order valence-electron chi connectivity index (χ2n) is 6.60. The summed E-state index contributed by atoms with van der Waals surface area (Å²) in [6, 6.07) is 21.8. The van der Waals surface area contributed by atoms with Gasteiger partial charge in [0.2, 0.25) is 5.88 Å². The highest BCUT2D eigenvalue weighted by molar-refractivity contribution is 5.68. The highest BCUT2D eigenvalue weighted by atomic mass is 16.5. The first-order chi connectivity index (χ1) is 13.7. The molecule has 0 saturated carbocycles. The molecule has 0 bridgehead atoms. The quantitative estimate of drug-likeness (QED) is 0.550. The van der Waals surface area contributed by atoms with Crippen LogP contribution in [-0.4, -0.2) is 30.3 Å². The molecule has 0 spiro atoms. The lowest BCUT2D eigenvalue weighted by Gasteiger charge is -2.10. The van der Waals surface area contributed by atoms with Crippen LogP contribution in [0.25, 0.3) is 5.57 Å². The molecule has 0 saturated heterocycles. The van der Waals surface area contributed by atoms with Gasteiger partial charge in [-0.1, -0.05) is 54.6 Å². The molecule has 4 heteroatoms. The van der Waals surface area contributed by atoms with Gasteiger partial charge in [0.05, 0.1) is 0 Å². The Morgan fingerprint density at radius 2 is 1.75 bits per heavy atom. The summed E-state index contributed by atoms with van der Waals surface area (Å²) in [5.41, 5.74) is 4.76. The number of hydrogen-bond acceptors (Lipinski definition) is 4. The largest absolute Gasteiger partial charge is 0.508 e. The van der Waals surface area contributed by atoms with E-state index in [9.17, 15) is 5.11 Å². The first-order valence-electron chi connectivity index (χ1n) is 9.49. The number of benzene rings is 2. The molecule has 0 fully saturated rings. The van der Waals surface area contributed by atoms with Gasteiger partial charge in [0, 0.05) is 18.8 Å². The van der Waals surface area contributed by atoms with Crippen LogP contribution >= 0.6 is 0 Å². The summed E-state index contributed by atoms with van der Waals surface area (Å²) < 4.78 is 5.58. The number of ether oxygens (including phenoxy) is 1. The fraction of sp³-hybridized carbons (Fsp3) is 0.208. The molecule has 0 aliphatic rings. The smallest absolute Gasteiger partial charge is 0.213 e. The number of nitrogens with one attached hydrogen (secondary N) is 1. The first-order valence-corrected chi connectivity index (χ1v) is 9.49. The fourth-order valence-corrected chi connectivity index (χ4v) is 2.89. The molecule has 1 heterocycles. The van der Waals surface area contributed by atoms with Crippen LogP contribution in [0, 0.1) is 0 Å². The molecular weight excluding hydrogens is 348 g/mol. The van der Waals surface area contributed by atoms with Gasteiger partial charge < -0.3 is 15.2 Å². The van der Waals surface area contributed by atoms with Crippen molar-refractivity contribution in [3.05, 3.63) is 95.7 Å².